The van der Waals surface area contributed by atoms with Gasteiger partial charge in [-0.2, -0.15) is 0 Å². The number of rotatable bonds is 8. The topological polar surface area (TPSA) is 90.6 Å². The fraction of sp³-hybridized carbons (Fsp3) is 0.591. The molecular weight excluding hydrogens is 505 g/mol. The van der Waals surface area contributed by atoms with Gasteiger partial charge in [-0.15, -0.1) is 34.2 Å². The zero-order valence-electron chi connectivity index (χ0n) is 19.0. The first-order valence-corrected chi connectivity index (χ1v) is 10.8. The number of hydrogen-bond donors (Lipinski definition) is 3. The van der Waals surface area contributed by atoms with Crippen molar-refractivity contribution in [1.82, 2.24) is 30.3 Å². The van der Waals surface area contributed by atoms with Gasteiger partial charge in [-0.3, -0.25) is 4.90 Å². The third-order valence-corrected chi connectivity index (χ3v) is 5.97. The lowest BCUT2D eigenvalue weighted by Crippen LogP contribution is -2.48. The molecule has 1 aromatic heterocycles. The van der Waals surface area contributed by atoms with E-state index in [0.717, 1.165) is 36.8 Å². The molecule has 0 bridgehead atoms. The van der Waals surface area contributed by atoms with Crippen molar-refractivity contribution >= 4 is 29.9 Å². The second-order valence-electron chi connectivity index (χ2n) is 8.19. The van der Waals surface area contributed by atoms with Gasteiger partial charge in [-0.25, -0.2) is 4.99 Å². The van der Waals surface area contributed by atoms with Crippen molar-refractivity contribution in [3.05, 3.63) is 47.5 Å². The summed E-state index contributed by atoms with van der Waals surface area (Å²) in [6.07, 6.45) is 2.43. The average Bonchev–Trinajstić information content (AvgIpc) is 3.34. The first-order chi connectivity index (χ1) is 14.4. The number of likely N-dealkylation sites (tertiary alicyclic amines) is 1. The zero-order chi connectivity index (χ0) is 21.6. The molecule has 0 spiro atoms. The SMILES string of the molecule is CCN1CCCC1CNC(=NCc1nnc(C)n1C)NCC(C)(O)c1ccccc1.I. The Morgan fingerprint density at radius 2 is 2.00 bits per heavy atom. The maximum atomic E-state index is 10.9. The van der Waals surface area contributed by atoms with Gasteiger partial charge in [0.2, 0.25) is 0 Å². The molecule has 1 aliphatic rings. The second-order valence-corrected chi connectivity index (χ2v) is 8.19. The molecule has 0 saturated carbocycles. The van der Waals surface area contributed by atoms with Crippen molar-refractivity contribution in [1.29, 1.82) is 0 Å². The van der Waals surface area contributed by atoms with Crippen LogP contribution in [-0.4, -0.2) is 63.0 Å². The highest BCUT2D eigenvalue weighted by atomic mass is 127. The summed E-state index contributed by atoms with van der Waals surface area (Å²) in [5.74, 6) is 2.34. The van der Waals surface area contributed by atoms with Gasteiger partial charge in [0.25, 0.3) is 0 Å². The van der Waals surface area contributed by atoms with Crippen molar-refractivity contribution in [3.63, 3.8) is 0 Å². The zero-order valence-corrected chi connectivity index (χ0v) is 21.3. The molecule has 0 amide bonds. The summed E-state index contributed by atoms with van der Waals surface area (Å²) in [5.41, 5.74) is -0.137. The Balaban J connectivity index is 0.00000341. The number of benzene rings is 1. The quantitative estimate of drug-likeness (QED) is 0.270. The maximum Gasteiger partial charge on any atom is 0.191 e. The van der Waals surface area contributed by atoms with E-state index in [1.807, 2.05) is 55.8 Å². The largest absolute Gasteiger partial charge is 0.384 e. The van der Waals surface area contributed by atoms with Crippen LogP contribution in [0.4, 0.5) is 0 Å². The number of likely N-dealkylation sites (N-methyl/N-ethyl adjacent to an activating group) is 1. The van der Waals surface area contributed by atoms with E-state index in [9.17, 15) is 5.11 Å². The Morgan fingerprint density at radius 3 is 2.65 bits per heavy atom. The van der Waals surface area contributed by atoms with E-state index in [-0.39, 0.29) is 24.0 Å². The molecule has 1 aliphatic heterocycles. The molecule has 2 heterocycles. The van der Waals surface area contributed by atoms with Crippen molar-refractivity contribution in [3.8, 4) is 0 Å². The van der Waals surface area contributed by atoms with Gasteiger partial charge in [-0.1, -0.05) is 37.3 Å². The molecular formula is C22H36IN7O. The van der Waals surface area contributed by atoms with E-state index in [1.165, 1.54) is 12.8 Å². The van der Waals surface area contributed by atoms with Gasteiger partial charge < -0.3 is 20.3 Å². The Morgan fingerprint density at radius 1 is 1.26 bits per heavy atom. The van der Waals surface area contributed by atoms with Crippen molar-refractivity contribution in [2.24, 2.45) is 12.0 Å². The van der Waals surface area contributed by atoms with Gasteiger partial charge in [0.1, 0.15) is 18.0 Å². The minimum absolute atomic E-state index is 0. The second kappa shape index (κ2) is 11.8. The van der Waals surface area contributed by atoms with E-state index >= 15 is 0 Å². The maximum absolute atomic E-state index is 10.9. The molecule has 2 unspecified atom stereocenters. The third kappa shape index (κ3) is 6.88. The summed E-state index contributed by atoms with van der Waals surface area (Å²) in [4.78, 5) is 7.21. The molecule has 31 heavy (non-hydrogen) atoms. The normalized spacial score (nSPS) is 19.0. The lowest BCUT2D eigenvalue weighted by atomic mass is 9.96. The number of aryl methyl sites for hydroxylation is 1. The van der Waals surface area contributed by atoms with Crippen LogP contribution in [0.2, 0.25) is 0 Å². The molecule has 2 atom stereocenters. The molecule has 172 valence electrons. The van der Waals surface area contributed by atoms with E-state index in [2.05, 4.69) is 32.7 Å². The average molecular weight is 541 g/mol. The van der Waals surface area contributed by atoms with Crippen LogP contribution in [0.15, 0.2) is 35.3 Å². The summed E-state index contributed by atoms with van der Waals surface area (Å²) < 4.78 is 1.94. The van der Waals surface area contributed by atoms with Crippen LogP contribution < -0.4 is 10.6 Å². The molecule has 0 aliphatic carbocycles. The van der Waals surface area contributed by atoms with E-state index in [0.29, 0.717) is 25.1 Å². The van der Waals surface area contributed by atoms with Crippen LogP contribution >= 0.6 is 24.0 Å². The summed E-state index contributed by atoms with van der Waals surface area (Å²) in [7, 11) is 1.94. The minimum atomic E-state index is -1.01. The number of aliphatic hydroxyl groups is 1. The summed E-state index contributed by atoms with van der Waals surface area (Å²) in [6.45, 7) is 9.76. The van der Waals surface area contributed by atoms with Gasteiger partial charge in [0.05, 0.1) is 6.54 Å². The Labute approximate surface area is 202 Å². The van der Waals surface area contributed by atoms with Gasteiger partial charge in [0.15, 0.2) is 11.8 Å². The van der Waals surface area contributed by atoms with Crippen molar-refractivity contribution in [2.75, 3.05) is 26.2 Å². The van der Waals surface area contributed by atoms with Crippen LogP contribution in [0.3, 0.4) is 0 Å². The number of nitrogens with zero attached hydrogens (tertiary/aromatic N) is 5. The van der Waals surface area contributed by atoms with Crippen LogP contribution in [-0.2, 0) is 19.2 Å². The van der Waals surface area contributed by atoms with Gasteiger partial charge in [0, 0.05) is 19.6 Å². The molecule has 8 nitrogen and oxygen atoms in total. The number of nitrogens with one attached hydrogen (secondary N) is 2. The third-order valence-electron chi connectivity index (χ3n) is 5.97. The first kappa shape index (κ1) is 25.5. The highest BCUT2D eigenvalue weighted by Crippen LogP contribution is 2.19. The molecule has 1 saturated heterocycles. The van der Waals surface area contributed by atoms with Crippen molar-refractivity contribution in [2.45, 2.75) is 51.8 Å². The van der Waals surface area contributed by atoms with Crippen LogP contribution in [0.5, 0.6) is 0 Å². The van der Waals surface area contributed by atoms with E-state index in [1.54, 1.807) is 0 Å². The van der Waals surface area contributed by atoms with Crippen LogP contribution in [0, 0.1) is 6.92 Å². The number of aromatic nitrogens is 3. The van der Waals surface area contributed by atoms with Gasteiger partial charge in [-0.05, 0) is 45.3 Å². The minimum Gasteiger partial charge on any atom is -0.384 e. The number of guanidine groups is 1. The van der Waals surface area contributed by atoms with Gasteiger partial charge >= 0.3 is 0 Å². The van der Waals surface area contributed by atoms with Crippen LogP contribution in [0.25, 0.3) is 0 Å². The highest BCUT2D eigenvalue weighted by Gasteiger charge is 2.25. The Hall–Kier alpha value is -1.72. The Bertz CT molecular complexity index is 838. The summed E-state index contributed by atoms with van der Waals surface area (Å²) >= 11 is 0. The van der Waals surface area contributed by atoms with Crippen molar-refractivity contribution < 1.29 is 5.11 Å². The predicted octanol–water partition coefficient (Wildman–Crippen LogP) is 2.17. The fourth-order valence-electron chi connectivity index (χ4n) is 3.82. The fourth-order valence-corrected chi connectivity index (χ4v) is 3.82. The first-order valence-electron chi connectivity index (χ1n) is 10.8. The summed E-state index contributed by atoms with van der Waals surface area (Å²) in [6, 6.07) is 10.2. The molecule has 0 radical (unpaired) electrons. The standard InChI is InChI=1S/C22H35N7O.HI/c1-5-29-13-9-12-19(29)14-23-21(24-15-20-27-26-17(2)28(20)4)25-16-22(3,30)18-10-7-6-8-11-18;/h6-8,10-11,19,30H,5,9,12-16H2,1-4H3,(H2,23,24,25);1H. The molecule has 9 heteroatoms. The predicted molar refractivity (Wildman–Crippen MR) is 135 cm³/mol. The lowest BCUT2D eigenvalue weighted by Gasteiger charge is -2.27. The molecule has 1 fully saturated rings. The molecule has 3 N–H and O–H groups in total. The molecule has 2 aromatic rings. The molecule has 1 aromatic carbocycles. The van der Waals surface area contributed by atoms with E-state index in [4.69, 9.17) is 4.99 Å². The summed E-state index contributed by atoms with van der Waals surface area (Å²) in [5, 5.41) is 26.1. The van der Waals surface area contributed by atoms with E-state index < -0.39 is 5.60 Å². The lowest BCUT2D eigenvalue weighted by molar-refractivity contribution is 0.0616. The number of halogens is 1. The molecule has 3 rings (SSSR count). The number of aliphatic imine (C=N–C) groups is 1. The monoisotopic (exact) mass is 541 g/mol. The van der Waals surface area contributed by atoms with Crippen LogP contribution in [0.1, 0.15) is 43.9 Å². The highest BCUT2D eigenvalue weighted by molar-refractivity contribution is 14.0. The number of hydrogen-bond acceptors (Lipinski definition) is 5. The Kier molecular flexibility index (Phi) is 9.70. The smallest absolute Gasteiger partial charge is 0.191 e.